The second-order valence-corrected chi connectivity index (χ2v) is 7.11. The third-order valence-electron chi connectivity index (χ3n) is 5.94. The van der Waals surface area contributed by atoms with E-state index in [-0.39, 0.29) is 6.08 Å². The van der Waals surface area contributed by atoms with Crippen LogP contribution in [0.1, 0.15) is 0 Å². The highest BCUT2D eigenvalue weighted by Crippen LogP contribution is 2.66. The third-order valence-corrected chi connectivity index (χ3v) is 5.94. The number of carbonyl (C=O) groups is 9. The van der Waals surface area contributed by atoms with Crippen molar-refractivity contribution in [2.24, 2.45) is 67.5 Å². The van der Waals surface area contributed by atoms with E-state index in [0.29, 0.717) is 0 Å². The molecule has 184 valence electrons. The van der Waals surface area contributed by atoms with Crippen molar-refractivity contribution >= 4 is 53.2 Å². The van der Waals surface area contributed by atoms with Gasteiger partial charge in [-0.15, -0.1) is 0 Å². The summed E-state index contributed by atoms with van der Waals surface area (Å²) >= 11 is 0. The average Bonchev–Trinajstić information content (AvgIpc) is 2.68. The van der Waals surface area contributed by atoms with Gasteiger partial charge < -0.3 is 51.2 Å². The first-order valence-corrected chi connectivity index (χ1v) is 8.72. The van der Waals surface area contributed by atoms with Crippen molar-refractivity contribution in [2.75, 3.05) is 7.05 Å². The minimum Gasteiger partial charge on any atom is -0.369 e. The van der Waals surface area contributed by atoms with Crippen LogP contribution in [-0.4, -0.2) is 60.2 Å². The molecule has 0 spiro atoms. The number of rotatable bonds is 9. The van der Waals surface area contributed by atoms with E-state index in [2.05, 4.69) is 0 Å². The Balaban J connectivity index is 5.19. The van der Waals surface area contributed by atoms with Crippen LogP contribution in [0, 0.1) is 21.7 Å². The van der Waals surface area contributed by atoms with Crippen LogP contribution in [-0.2, 0) is 43.2 Å². The number of carbonyl (C=O) groups excluding carboxylic acids is 9. The van der Waals surface area contributed by atoms with Crippen LogP contribution >= 0.6 is 0 Å². The van der Waals surface area contributed by atoms with Gasteiger partial charge in [-0.25, -0.2) is 0 Å². The Bertz CT molecular complexity index is 1080. The lowest BCUT2D eigenvalue weighted by atomic mass is 9.36. The maximum absolute atomic E-state index is 13.0. The maximum atomic E-state index is 13.0. The van der Waals surface area contributed by atoms with E-state index < -0.39 is 80.4 Å². The topological polar surface area (TPSA) is 374 Å². The minimum absolute atomic E-state index is 0.0222. The highest BCUT2D eigenvalue weighted by atomic mass is 16.2. The Hall–Kier alpha value is -5.03. The van der Waals surface area contributed by atoms with Gasteiger partial charge in [0.15, 0.2) is 21.7 Å². The Labute approximate surface area is 188 Å². The van der Waals surface area contributed by atoms with Gasteiger partial charge in [-0.1, -0.05) is 0 Å². The quantitative estimate of drug-likeness (QED) is 0.140. The van der Waals surface area contributed by atoms with Gasteiger partial charge in [-0.2, -0.15) is 0 Å². The highest BCUT2D eigenvalue weighted by molar-refractivity contribution is 6.34. The zero-order chi connectivity index (χ0) is 27.2. The summed E-state index contributed by atoms with van der Waals surface area (Å²) in [5.74, 6) is -19.4. The summed E-state index contributed by atoms with van der Waals surface area (Å²) in [5, 5.41) is 1.79. The van der Waals surface area contributed by atoms with Gasteiger partial charge >= 0.3 is 0 Å². The lowest BCUT2D eigenvalue weighted by Crippen LogP contribution is -2.86. The largest absolute Gasteiger partial charge is 0.369 e. The van der Waals surface area contributed by atoms with E-state index in [9.17, 15) is 43.2 Å². The molecular formula is C16H21N9O9. The molecule has 0 aromatic heterocycles. The Morgan fingerprint density at radius 1 is 0.588 bits per heavy atom. The number of hydrogen-bond acceptors (Lipinski definition) is 9. The summed E-state index contributed by atoms with van der Waals surface area (Å²) < 4.78 is 0. The van der Waals surface area contributed by atoms with Crippen LogP contribution in [0.3, 0.4) is 0 Å². The Kier molecular flexibility index (Phi) is 6.22. The van der Waals surface area contributed by atoms with E-state index in [4.69, 9.17) is 45.9 Å². The zero-order valence-corrected chi connectivity index (χ0v) is 17.4. The van der Waals surface area contributed by atoms with Crippen molar-refractivity contribution in [3.8, 4) is 0 Å². The molecule has 0 aromatic carbocycles. The molecule has 0 saturated carbocycles. The smallest absolute Gasteiger partial charge is 0.246 e. The molecule has 17 N–H and O–H groups in total. The Morgan fingerprint density at radius 2 is 0.941 bits per heavy atom. The molecular weight excluding hydrogens is 462 g/mol. The number of amides is 9. The monoisotopic (exact) mass is 483 g/mol. The van der Waals surface area contributed by atoms with Gasteiger partial charge in [0.05, 0.1) is 0 Å². The molecule has 0 aromatic rings. The molecule has 0 saturated heterocycles. The first-order valence-electron chi connectivity index (χ1n) is 8.72. The molecule has 0 fully saturated rings. The maximum Gasteiger partial charge on any atom is 0.246 e. The lowest BCUT2D eigenvalue weighted by Gasteiger charge is -2.58. The molecule has 18 heteroatoms. The number of hydrogen-bond donors (Lipinski definition) is 9. The molecule has 1 aliphatic rings. The second kappa shape index (κ2) is 7.83. The second-order valence-electron chi connectivity index (χ2n) is 7.11. The third kappa shape index (κ3) is 2.40. The summed E-state index contributed by atoms with van der Waals surface area (Å²) in [7, 11) is 0.803. The van der Waals surface area contributed by atoms with E-state index in [1.54, 1.807) is 5.32 Å². The van der Waals surface area contributed by atoms with E-state index in [0.717, 1.165) is 7.05 Å². The van der Waals surface area contributed by atoms with Gasteiger partial charge in [-0.3, -0.25) is 43.2 Å². The van der Waals surface area contributed by atoms with Crippen LogP contribution < -0.4 is 51.2 Å². The van der Waals surface area contributed by atoms with Gasteiger partial charge in [0.2, 0.25) is 53.2 Å². The molecule has 1 rings (SSSR count). The van der Waals surface area contributed by atoms with Crippen molar-refractivity contribution in [2.45, 2.75) is 0 Å². The molecule has 0 heterocycles. The highest BCUT2D eigenvalue weighted by Gasteiger charge is 2.90. The van der Waals surface area contributed by atoms with E-state index in [1.807, 2.05) is 0 Å². The minimum atomic E-state index is -4.31. The molecule has 0 radical (unpaired) electrons. The molecule has 0 bridgehead atoms. The predicted molar refractivity (Wildman–Crippen MR) is 105 cm³/mol. The molecule has 9 amide bonds. The van der Waals surface area contributed by atoms with Crippen LogP contribution in [0.25, 0.3) is 0 Å². The van der Waals surface area contributed by atoms with Gasteiger partial charge in [0.1, 0.15) is 0 Å². The average molecular weight is 483 g/mol. The van der Waals surface area contributed by atoms with Gasteiger partial charge in [-0.05, 0) is 6.08 Å². The van der Waals surface area contributed by atoms with Crippen molar-refractivity contribution in [3.05, 3.63) is 11.6 Å². The molecule has 0 aliphatic heterocycles. The lowest BCUT2D eigenvalue weighted by molar-refractivity contribution is -0.195. The van der Waals surface area contributed by atoms with Crippen LogP contribution in [0.2, 0.25) is 0 Å². The fraction of sp³-hybridized carbons (Fsp3) is 0.312. The molecule has 1 unspecified atom stereocenters. The first-order chi connectivity index (χ1) is 15.4. The van der Waals surface area contributed by atoms with Crippen LogP contribution in [0.15, 0.2) is 11.6 Å². The first kappa shape index (κ1) is 27.0. The molecule has 18 nitrogen and oxygen atoms in total. The number of nitrogens with two attached hydrogens (primary N) is 8. The summed E-state index contributed by atoms with van der Waals surface area (Å²) in [6.07, 6.45) is -0.0222. The SMILES string of the molecule is CNC(=O)C1(C(N)=O)C=C(C(N)=O)C(C(N)=O)(C(N)=O)C(C(N)=O)(C(N)=O)C1(C(N)=O)C(N)=O. The van der Waals surface area contributed by atoms with E-state index in [1.165, 1.54) is 0 Å². The zero-order valence-electron chi connectivity index (χ0n) is 17.4. The van der Waals surface area contributed by atoms with E-state index >= 15 is 0 Å². The predicted octanol–water partition coefficient (Wildman–Crippen LogP) is -8.50. The molecule has 1 aliphatic carbocycles. The van der Waals surface area contributed by atoms with Crippen molar-refractivity contribution in [1.29, 1.82) is 0 Å². The number of nitrogens with one attached hydrogen (secondary N) is 1. The van der Waals surface area contributed by atoms with Crippen molar-refractivity contribution in [1.82, 2.24) is 5.32 Å². The summed E-state index contributed by atoms with van der Waals surface area (Å²) in [5.41, 5.74) is 24.4. The number of primary amides is 8. The van der Waals surface area contributed by atoms with Gasteiger partial charge in [0.25, 0.3) is 0 Å². The normalized spacial score (nSPS) is 21.7. The molecule has 1 atom stereocenters. The summed E-state index contributed by atoms with van der Waals surface area (Å²) in [4.78, 5) is 116. The molecule has 34 heavy (non-hydrogen) atoms. The van der Waals surface area contributed by atoms with Crippen LogP contribution in [0.5, 0.6) is 0 Å². The standard InChI is InChI=1S/C16H21N9O9/c1-25-12(34)13(5(18)27)2-3(4(17)26)14(6(19)28,7(20)29)16(10(23)32,11(24)33)15(13,8(21)30)9(22)31/h2H,1H3,(H2,17,26)(H2,18,27)(H2,19,28)(H2,20,29)(H2,21,30)(H2,22,31)(H2,23,32)(H2,24,33)(H,25,34). The Morgan fingerprint density at radius 3 is 1.15 bits per heavy atom. The van der Waals surface area contributed by atoms with Crippen LogP contribution in [0.4, 0.5) is 0 Å². The summed E-state index contributed by atoms with van der Waals surface area (Å²) in [6, 6.07) is 0. The fourth-order valence-electron chi connectivity index (χ4n) is 4.77. The van der Waals surface area contributed by atoms with Crippen molar-refractivity contribution < 1.29 is 43.2 Å². The van der Waals surface area contributed by atoms with Crippen molar-refractivity contribution in [3.63, 3.8) is 0 Å². The fourth-order valence-corrected chi connectivity index (χ4v) is 4.77. The summed E-state index contributed by atoms with van der Waals surface area (Å²) in [6.45, 7) is 0. The van der Waals surface area contributed by atoms with Gasteiger partial charge in [0, 0.05) is 12.6 Å².